The molecule has 0 heterocycles. The van der Waals surface area contributed by atoms with Gasteiger partial charge in [0.05, 0.1) is 5.69 Å². The van der Waals surface area contributed by atoms with Crippen LogP contribution in [0.5, 0.6) is 5.75 Å². The second kappa shape index (κ2) is 6.13. The smallest absolute Gasteiger partial charge is 0.224 e. The molecular weight excluding hydrogens is 216 g/mol. The average Bonchev–Trinajstić information content (AvgIpc) is 2.30. The molecule has 4 nitrogen and oxygen atoms in total. The van der Waals surface area contributed by atoms with E-state index in [1.807, 2.05) is 0 Å². The minimum atomic E-state index is -0.0225. The van der Waals surface area contributed by atoms with E-state index in [0.717, 1.165) is 19.3 Å². The Bertz CT molecular complexity index is 403. The van der Waals surface area contributed by atoms with Crippen LogP contribution in [0.4, 0.5) is 11.4 Å². The van der Waals surface area contributed by atoms with Gasteiger partial charge in [-0.05, 0) is 25.5 Å². The number of nitrogen functional groups attached to an aromatic ring is 1. The van der Waals surface area contributed by atoms with Gasteiger partial charge < -0.3 is 16.2 Å². The lowest BCUT2D eigenvalue weighted by atomic mass is 10.1. The molecule has 1 aromatic rings. The standard InChI is InChI=1S/C13H20N2O2/c1-3-4-5-6-12(16)15-11-8-7-10(14)13(17)9(11)2/h7-8,17H,3-6,14H2,1-2H3,(H,15,16). The van der Waals surface area contributed by atoms with Gasteiger partial charge in [0.25, 0.3) is 0 Å². The highest BCUT2D eigenvalue weighted by Gasteiger charge is 2.09. The molecule has 1 aromatic carbocycles. The zero-order valence-electron chi connectivity index (χ0n) is 10.4. The molecule has 0 fully saturated rings. The Labute approximate surface area is 102 Å². The van der Waals surface area contributed by atoms with Crippen molar-refractivity contribution in [3.8, 4) is 5.75 Å². The van der Waals surface area contributed by atoms with E-state index in [0.29, 0.717) is 23.4 Å². The van der Waals surface area contributed by atoms with Crippen molar-refractivity contribution in [2.24, 2.45) is 0 Å². The highest BCUT2D eigenvalue weighted by Crippen LogP contribution is 2.30. The van der Waals surface area contributed by atoms with Crippen LogP contribution in [0, 0.1) is 6.92 Å². The zero-order chi connectivity index (χ0) is 12.8. The van der Waals surface area contributed by atoms with Crippen LogP contribution in [0.15, 0.2) is 12.1 Å². The number of aromatic hydroxyl groups is 1. The van der Waals surface area contributed by atoms with Crippen LogP contribution in [0.25, 0.3) is 0 Å². The molecule has 0 saturated heterocycles. The summed E-state index contributed by atoms with van der Waals surface area (Å²) in [5.41, 5.74) is 7.11. The van der Waals surface area contributed by atoms with Gasteiger partial charge in [-0.2, -0.15) is 0 Å². The fourth-order valence-electron chi connectivity index (χ4n) is 1.60. The number of nitrogens with two attached hydrogens (primary N) is 1. The van der Waals surface area contributed by atoms with E-state index in [4.69, 9.17) is 5.73 Å². The topological polar surface area (TPSA) is 75.4 Å². The maximum Gasteiger partial charge on any atom is 0.224 e. The third-order valence-corrected chi connectivity index (χ3v) is 2.74. The first-order valence-corrected chi connectivity index (χ1v) is 5.94. The van der Waals surface area contributed by atoms with Gasteiger partial charge in [-0.25, -0.2) is 0 Å². The Morgan fingerprint density at radius 3 is 2.76 bits per heavy atom. The number of carbonyl (C=O) groups excluding carboxylic acids is 1. The van der Waals surface area contributed by atoms with Crippen LogP contribution in [-0.2, 0) is 4.79 Å². The molecule has 0 spiro atoms. The SMILES string of the molecule is CCCCCC(=O)Nc1ccc(N)c(O)c1C. The van der Waals surface area contributed by atoms with Crippen molar-refractivity contribution >= 4 is 17.3 Å². The van der Waals surface area contributed by atoms with E-state index in [9.17, 15) is 9.90 Å². The summed E-state index contributed by atoms with van der Waals surface area (Å²) < 4.78 is 0. The molecule has 4 heteroatoms. The van der Waals surface area contributed by atoms with Crippen LogP contribution in [-0.4, -0.2) is 11.0 Å². The third kappa shape index (κ3) is 3.66. The molecule has 0 bridgehead atoms. The number of phenolic OH excluding ortho intramolecular Hbond substituents is 1. The molecule has 94 valence electrons. The molecule has 0 radical (unpaired) electrons. The highest BCUT2D eigenvalue weighted by molar-refractivity contribution is 5.92. The maximum atomic E-state index is 11.6. The van der Waals surface area contributed by atoms with Crippen molar-refractivity contribution in [1.29, 1.82) is 0 Å². The Hall–Kier alpha value is -1.71. The molecule has 4 N–H and O–H groups in total. The van der Waals surface area contributed by atoms with Crippen molar-refractivity contribution in [2.75, 3.05) is 11.1 Å². The first-order chi connectivity index (χ1) is 8.06. The number of rotatable bonds is 5. The number of unbranched alkanes of at least 4 members (excludes halogenated alkanes) is 2. The molecule has 0 aliphatic heterocycles. The lowest BCUT2D eigenvalue weighted by Gasteiger charge is -2.11. The van der Waals surface area contributed by atoms with E-state index in [-0.39, 0.29) is 11.7 Å². The van der Waals surface area contributed by atoms with Crippen LogP contribution >= 0.6 is 0 Å². The number of nitrogens with one attached hydrogen (secondary N) is 1. The van der Waals surface area contributed by atoms with Crippen LogP contribution in [0.1, 0.15) is 38.2 Å². The van der Waals surface area contributed by atoms with Gasteiger partial charge in [0.1, 0.15) is 5.75 Å². The van der Waals surface area contributed by atoms with Crippen LogP contribution < -0.4 is 11.1 Å². The molecule has 0 aliphatic carbocycles. The monoisotopic (exact) mass is 236 g/mol. The zero-order valence-corrected chi connectivity index (χ0v) is 10.4. The van der Waals surface area contributed by atoms with Crippen molar-refractivity contribution in [3.63, 3.8) is 0 Å². The second-order valence-electron chi connectivity index (χ2n) is 4.18. The fraction of sp³-hybridized carbons (Fsp3) is 0.462. The van der Waals surface area contributed by atoms with Crippen molar-refractivity contribution < 1.29 is 9.90 Å². The summed E-state index contributed by atoms with van der Waals surface area (Å²) in [7, 11) is 0. The summed E-state index contributed by atoms with van der Waals surface area (Å²) in [4.78, 5) is 11.6. The number of hydrogen-bond donors (Lipinski definition) is 3. The first kappa shape index (κ1) is 13.4. The van der Waals surface area contributed by atoms with Gasteiger partial charge >= 0.3 is 0 Å². The van der Waals surface area contributed by atoms with Crippen LogP contribution in [0.2, 0.25) is 0 Å². The quantitative estimate of drug-likeness (QED) is 0.418. The molecule has 1 rings (SSSR count). The lowest BCUT2D eigenvalue weighted by molar-refractivity contribution is -0.116. The summed E-state index contributed by atoms with van der Waals surface area (Å²) in [5, 5.41) is 12.4. The number of carbonyl (C=O) groups is 1. The Kier molecular flexibility index (Phi) is 4.82. The maximum absolute atomic E-state index is 11.6. The highest BCUT2D eigenvalue weighted by atomic mass is 16.3. The molecule has 0 unspecified atom stereocenters. The number of hydrogen-bond acceptors (Lipinski definition) is 3. The van der Waals surface area contributed by atoms with E-state index in [1.54, 1.807) is 19.1 Å². The van der Waals surface area contributed by atoms with Gasteiger partial charge in [-0.3, -0.25) is 4.79 Å². The summed E-state index contributed by atoms with van der Waals surface area (Å²) in [6.45, 7) is 3.83. The molecule has 0 saturated carbocycles. The van der Waals surface area contributed by atoms with E-state index in [2.05, 4.69) is 12.2 Å². The summed E-state index contributed by atoms with van der Waals surface area (Å²) in [6.07, 6.45) is 3.55. The molecular formula is C13H20N2O2. The molecule has 0 aliphatic rings. The minimum Gasteiger partial charge on any atom is -0.505 e. The van der Waals surface area contributed by atoms with Gasteiger partial charge in [0.2, 0.25) is 5.91 Å². The van der Waals surface area contributed by atoms with Gasteiger partial charge in [0.15, 0.2) is 0 Å². The third-order valence-electron chi connectivity index (χ3n) is 2.74. The molecule has 0 aromatic heterocycles. The minimum absolute atomic E-state index is 0.0225. The molecule has 1 amide bonds. The predicted octanol–water partition coefficient (Wildman–Crippen LogP) is 2.80. The van der Waals surface area contributed by atoms with Crippen molar-refractivity contribution in [1.82, 2.24) is 0 Å². The van der Waals surface area contributed by atoms with Crippen molar-refractivity contribution in [3.05, 3.63) is 17.7 Å². The fourth-order valence-corrected chi connectivity index (χ4v) is 1.60. The van der Waals surface area contributed by atoms with Crippen LogP contribution in [0.3, 0.4) is 0 Å². The first-order valence-electron chi connectivity index (χ1n) is 5.94. The van der Waals surface area contributed by atoms with E-state index < -0.39 is 0 Å². The van der Waals surface area contributed by atoms with Gasteiger partial charge in [0, 0.05) is 17.7 Å². The molecule has 0 atom stereocenters. The van der Waals surface area contributed by atoms with E-state index >= 15 is 0 Å². The number of amides is 1. The normalized spacial score (nSPS) is 10.2. The largest absolute Gasteiger partial charge is 0.505 e. The summed E-state index contributed by atoms with van der Waals surface area (Å²) >= 11 is 0. The Morgan fingerprint density at radius 2 is 2.12 bits per heavy atom. The Balaban J connectivity index is 2.63. The lowest BCUT2D eigenvalue weighted by Crippen LogP contribution is -2.12. The summed E-state index contributed by atoms with van der Waals surface area (Å²) in [5.74, 6) is 0.0158. The van der Waals surface area contributed by atoms with Gasteiger partial charge in [-0.15, -0.1) is 0 Å². The Morgan fingerprint density at radius 1 is 1.41 bits per heavy atom. The second-order valence-corrected chi connectivity index (χ2v) is 4.18. The number of phenols is 1. The average molecular weight is 236 g/mol. The predicted molar refractivity (Wildman–Crippen MR) is 70.0 cm³/mol. The van der Waals surface area contributed by atoms with E-state index in [1.165, 1.54) is 0 Å². The summed E-state index contributed by atoms with van der Waals surface area (Å²) in [6, 6.07) is 3.30. The molecule has 17 heavy (non-hydrogen) atoms. The van der Waals surface area contributed by atoms with Gasteiger partial charge in [-0.1, -0.05) is 19.8 Å². The van der Waals surface area contributed by atoms with Crippen molar-refractivity contribution in [2.45, 2.75) is 39.5 Å². The number of benzene rings is 1. The number of anilines is 2.